The molecular weight excluding hydrogens is 407 g/mol. The maximum Gasteiger partial charge on any atom is 0.334 e. The molecule has 29 heavy (non-hydrogen) atoms. The number of ether oxygens (including phenoxy) is 1. The fraction of sp³-hybridized carbons (Fsp3) is 0.217. The molecule has 0 radical (unpaired) electrons. The average molecular weight is 429 g/mol. The largest absolute Gasteiger partial charge is 0.463 e. The van der Waals surface area contributed by atoms with Crippen LogP contribution in [0.25, 0.3) is 6.08 Å². The van der Waals surface area contributed by atoms with E-state index in [-0.39, 0.29) is 5.97 Å². The van der Waals surface area contributed by atoms with Gasteiger partial charge in [-0.15, -0.1) is 0 Å². The molecule has 3 rings (SSSR count). The standard InChI is InChI=1S/C23H22Cl2N2O2/c1-3-29-23(28)19(11-17-7-5-4-6-8-17)12-21-14-26-16(2)27(21)15-18-9-10-20(24)13-22(18)25/h4-10,12-14H,3,11,15H2,1-2H3. The van der Waals surface area contributed by atoms with Crippen LogP contribution in [0.1, 0.15) is 29.6 Å². The number of rotatable bonds is 7. The van der Waals surface area contributed by atoms with E-state index in [0.717, 1.165) is 22.6 Å². The van der Waals surface area contributed by atoms with Gasteiger partial charge in [0.05, 0.1) is 25.0 Å². The topological polar surface area (TPSA) is 44.1 Å². The zero-order chi connectivity index (χ0) is 20.8. The Bertz CT molecular complexity index is 1030. The molecule has 0 atom stereocenters. The van der Waals surface area contributed by atoms with E-state index in [2.05, 4.69) is 4.98 Å². The van der Waals surface area contributed by atoms with Gasteiger partial charge in [-0.25, -0.2) is 9.78 Å². The van der Waals surface area contributed by atoms with E-state index in [1.165, 1.54) is 0 Å². The second-order valence-electron chi connectivity index (χ2n) is 6.60. The van der Waals surface area contributed by atoms with Crippen molar-refractivity contribution in [2.75, 3.05) is 6.61 Å². The van der Waals surface area contributed by atoms with Crippen LogP contribution < -0.4 is 0 Å². The summed E-state index contributed by atoms with van der Waals surface area (Å²) in [5.41, 5.74) is 3.34. The number of hydrogen-bond donors (Lipinski definition) is 0. The van der Waals surface area contributed by atoms with Gasteiger partial charge >= 0.3 is 5.97 Å². The fourth-order valence-corrected chi connectivity index (χ4v) is 3.50. The van der Waals surface area contributed by atoms with Crippen molar-refractivity contribution < 1.29 is 9.53 Å². The maximum atomic E-state index is 12.6. The summed E-state index contributed by atoms with van der Waals surface area (Å²) in [6, 6.07) is 15.3. The predicted octanol–water partition coefficient (Wildman–Crippen LogP) is 5.74. The van der Waals surface area contributed by atoms with Gasteiger partial charge in [0, 0.05) is 22.0 Å². The number of aryl methyl sites for hydroxylation is 1. The lowest BCUT2D eigenvalue weighted by Crippen LogP contribution is -2.11. The lowest BCUT2D eigenvalue weighted by molar-refractivity contribution is -0.138. The van der Waals surface area contributed by atoms with Crippen molar-refractivity contribution in [1.82, 2.24) is 9.55 Å². The molecule has 1 aromatic heterocycles. The van der Waals surface area contributed by atoms with Gasteiger partial charge in [-0.2, -0.15) is 0 Å². The summed E-state index contributed by atoms with van der Waals surface area (Å²) in [5, 5.41) is 1.18. The molecule has 0 aliphatic carbocycles. The second-order valence-corrected chi connectivity index (χ2v) is 7.45. The first-order valence-electron chi connectivity index (χ1n) is 9.35. The van der Waals surface area contributed by atoms with E-state index in [9.17, 15) is 4.79 Å². The Morgan fingerprint density at radius 3 is 2.62 bits per heavy atom. The first-order chi connectivity index (χ1) is 14.0. The minimum atomic E-state index is -0.328. The van der Waals surface area contributed by atoms with Crippen LogP contribution in [-0.4, -0.2) is 22.1 Å². The van der Waals surface area contributed by atoms with E-state index in [1.54, 1.807) is 19.2 Å². The Hall–Kier alpha value is -2.56. The number of benzene rings is 2. The lowest BCUT2D eigenvalue weighted by atomic mass is 10.0. The minimum absolute atomic E-state index is 0.323. The van der Waals surface area contributed by atoms with Crippen molar-refractivity contribution in [3.63, 3.8) is 0 Å². The molecule has 0 amide bonds. The van der Waals surface area contributed by atoms with Crippen molar-refractivity contribution in [1.29, 1.82) is 0 Å². The molecule has 0 bridgehead atoms. The van der Waals surface area contributed by atoms with Gasteiger partial charge in [-0.1, -0.05) is 59.6 Å². The Kier molecular flexibility index (Phi) is 7.13. The number of esters is 1. The summed E-state index contributed by atoms with van der Waals surface area (Å²) in [7, 11) is 0. The predicted molar refractivity (Wildman–Crippen MR) is 117 cm³/mol. The van der Waals surface area contributed by atoms with Crippen LogP contribution >= 0.6 is 23.2 Å². The molecule has 0 spiro atoms. The minimum Gasteiger partial charge on any atom is -0.463 e. The van der Waals surface area contributed by atoms with Crippen molar-refractivity contribution >= 4 is 35.2 Å². The summed E-state index contributed by atoms with van der Waals surface area (Å²) in [4.78, 5) is 17.0. The van der Waals surface area contributed by atoms with Gasteiger partial charge in [0.2, 0.25) is 0 Å². The summed E-state index contributed by atoms with van der Waals surface area (Å²) >= 11 is 12.4. The Morgan fingerprint density at radius 1 is 1.17 bits per heavy atom. The molecule has 0 saturated carbocycles. The molecule has 0 aliphatic heterocycles. The van der Waals surface area contributed by atoms with Crippen LogP contribution in [0.15, 0.2) is 60.3 Å². The van der Waals surface area contributed by atoms with Crippen LogP contribution in [-0.2, 0) is 22.5 Å². The third kappa shape index (κ3) is 5.49. The lowest BCUT2D eigenvalue weighted by Gasteiger charge is -2.12. The zero-order valence-corrected chi connectivity index (χ0v) is 17.9. The monoisotopic (exact) mass is 428 g/mol. The van der Waals surface area contributed by atoms with E-state index >= 15 is 0 Å². The van der Waals surface area contributed by atoms with E-state index in [0.29, 0.717) is 35.2 Å². The highest BCUT2D eigenvalue weighted by atomic mass is 35.5. The van der Waals surface area contributed by atoms with E-state index in [1.807, 2.05) is 60.0 Å². The smallest absolute Gasteiger partial charge is 0.334 e. The van der Waals surface area contributed by atoms with Crippen LogP contribution in [0.5, 0.6) is 0 Å². The Labute approximate surface area is 180 Å². The number of aromatic nitrogens is 2. The van der Waals surface area contributed by atoms with Gasteiger partial charge in [-0.05, 0) is 43.2 Å². The normalized spacial score (nSPS) is 11.5. The molecule has 6 heteroatoms. The third-order valence-corrected chi connectivity index (χ3v) is 5.11. The SMILES string of the molecule is CCOC(=O)C(=Cc1cnc(C)n1Cc1ccc(Cl)cc1Cl)Cc1ccccc1. The van der Waals surface area contributed by atoms with Gasteiger partial charge in [0.25, 0.3) is 0 Å². The number of halogens is 2. The average Bonchev–Trinajstić information content (AvgIpc) is 3.04. The van der Waals surface area contributed by atoms with Crippen LogP contribution in [0.3, 0.4) is 0 Å². The molecule has 0 unspecified atom stereocenters. The van der Waals surface area contributed by atoms with E-state index < -0.39 is 0 Å². The number of nitrogens with zero attached hydrogens (tertiary/aromatic N) is 2. The maximum absolute atomic E-state index is 12.6. The zero-order valence-electron chi connectivity index (χ0n) is 16.4. The first-order valence-corrected chi connectivity index (χ1v) is 10.1. The van der Waals surface area contributed by atoms with Gasteiger partial charge in [0.1, 0.15) is 5.82 Å². The highest BCUT2D eigenvalue weighted by Crippen LogP contribution is 2.24. The Morgan fingerprint density at radius 2 is 1.93 bits per heavy atom. The number of carbonyl (C=O) groups excluding carboxylic acids is 1. The number of hydrogen-bond acceptors (Lipinski definition) is 3. The fourth-order valence-electron chi connectivity index (χ4n) is 3.03. The molecule has 4 nitrogen and oxygen atoms in total. The van der Waals surface area contributed by atoms with Crippen molar-refractivity contribution in [3.05, 3.63) is 93.0 Å². The van der Waals surface area contributed by atoms with Crippen LogP contribution in [0.4, 0.5) is 0 Å². The summed E-state index contributed by atoms with van der Waals surface area (Å²) in [6.07, 6.45) is 4.07. The molecule has 0 fully saturated rings. The highest BCUT2D eigenvalue weighted by Gasteiger charge is 2.15. The molecule has 3 aromatic rings. The van der Waals surface area contributed by atoms with Crippen molar-refractivity contribution in [2.24, 2.45) is 0 Å². The third-order valence-electron chi connectivity index (χ3n) is 4.53. The molecule has 1 heterocycles. The van der Waals surface area contributed by atoms with Gasteiger partial charge in [-0.3, -0.25) is 0 Å². The first kappa shape index (κ1) is 21.2. The number of imidazole rings is 1. The van der Waals surface area contributed by atoms with E-state index in [4.69, 9.17) is 27.9 Å². The molecular formula is C23H22Cl2N2O2. The molecule has 0 N–H and O–H groups in total. The second kappa shape index (κ2) is 9.77. The quantitative estimate of drug-likeness (QED) is 0.356. The van der Waals surface area contributed by atoms with Crippen LogP contribution in [0.2, 0.25) is 10.0 Å². The van der Waals surface area contributed by atoms with Crippen molar-refractivity contribution in [3.8, 4) is 0 Å². The van der Waals surface area contributed by atoms with Gasteiger partial charge in [0.15, 0.2) is 0 Å². The summed E-state index contributed by atoms with van der Waals surface area (Å²) in [6.45, 7) is 4.57. The van der Waals surface area contributed by atoms with Gasteiger partial charge < -0.3 is 9.30 Å². The summed E-state index contributed by atoms with van der Waals surface area (Å²) in [5.74, 6) is 0.497. The highest BCUT2D eigenvalue weighted by molar-refractivity contribution is 6.35. The van der Waals surface area contributed by atoms with Crippen molar-refractivity contribution in [2.45, 2.75) is 26.8 Å². The number of carbonyl (C=O) groups is 1. The molecule has 0 saturated heterocycles. The molecule has 150 valence electrons. The van der Waals surface area contributed by atoms with Crippen LogP contribution in [0, 0.1) is 6.92 Å². The molecule has 2 aromatic carbocycles. The Balaban J connectivity index is 1.96. The summed E-state index contributed by atoms with van der Waals surface area (Å²) < 4.78 is 7.29. The molecule has 0 aliphatic rings.